The molecule has 8 heteroatoms. The summed E-state index contributed by atoms with van der Waals surface area (Å²) in [5.41, 5.74) is 3.87. The van der Waals surface area contributed by atoms with Crippen molar-refractivity contribution in [3.8, 4) is 11.5 Å². The van der Waals surface area contributed by atoms with Crippen LogP contribution in [0.2, 0.25) is 0 Å². The molecule has 0 radical (unpaired) electrons. The molecule has 2 aromatic carbocycles. The maximum atomic E-state index is 13.1. The first-order valence-corrected chi connectivity index (χ1v) is 14.1. The van der Waals surface area contributed by atoms with Gasteiger partial charge in [-0.05, 0) is 80.9 Å². The van der Waals surface area contributed by atoms with Crippen molar-refractivity contribution in [2.75, 3.05) is 37.8 Å². The van der Waals surface area contributed by atoms with Crippen molar-refractivity contribution >= 4 is 23.8 Å². The molecule has 1 amide bonds. The van der Waals surface area contributed by atoms with Crippen molar-refractivity contribution in [2.24, 2.45) is 0 Å². The van der Waals surface area contributed by atoms with Gasteiger partial charge in [-0.3, -0.25) is 0 Å². The summed E-state index contributed by atoms with van der Waals surface area (Å²) in [5.74, 6) is 2.40. The summed E-state index contributed by atoms with van der Waals surface area (Å²) < 4.78 is 17.0. The van der Waals surface area contributed by atoms with Gasteiger partial charge in [0.1, 0.15) is 18.1 Å². The Morgan fingerprint density at radius 1 is 1.00 bits per heavy atom. The van der Waals surface area contributed by atoms with E-state index in [-0.39, 0.29) is 12.5 Å². The first-order valence-electron chi connectivity index (χ1n) is 12.9. The van der Waals surface area contributed by atoms with Crippen molar-refractivity contribution in [1.29, 1.82) is 0 Å². The molecule has 1 unspecified atom stereocenters. The number of hydrogen-bond acceptors (Lipinski definition) is 6. The lowest BCUT2D eigenvalue weighted by Gasteiger charge is -2.23. The Morgan fingerprint density at radius 2 is 1.68 bits per heavy atom. The number of amides is 1. The van der Waals surface area contributed by atoms with Crippen molar-refractivity contribution < 1.29 is 28.9 Å². The van der Waals surface area contributed by atoms with Crippen LogP contribution < -0.4 is 9.47 Å². The minimum atomic E-state index is -0.974. The van der Waals surface area contributed by atoms with Gasteiger partial charge in [-0.1, -0.05) is 36.8 Å². The summed E-state index contributed by atoms with van der Waals surface area (Å²) >= 11 is 1.89. The number of hydrogen-bond donors (Lipinski definition) is 1. The van der Waals surface area contributed by atoms with E-state index in [4.69, 9.17) is 14.2 Å². The predicted octanol–water partition coefficient (Wildman–Crippen LogP) is 6.06. The number of carbonyl (C=O) groups excluding carboxylic acids is 1. The number of nitrogens with zero attached hydrogens (tertiary/aromatic N) is 1. The van der Waals surface area contributed by atoms with Gasteiger partial charge in [0.2, 0.25) is 0 Å². The topological polar surface area (TPSA) is 85.3 Å². The lowest BCUT2D eigenvalue weighted by atomic mass is 10.1. The monoisotopic (exact) mass is 531 g/mol. The summed E-state index contributed by atoms with van der Waals surface area (Å²) in [4.78, 5) is 26.1. The van der Waals surface area contributed by atoms with Crippen molar-refractivity contribution in [2.45, 2.75) is 60.0 Å². The SMILES string of the molecule is CCCSCCCN(CCOc1ccc(CC(OCC)C(=O)O)cc1)C(=O)Oc1c(C)cc(C)cc1C. The van der Waals surface area contributed by atoms with Gasteiger partial charge in [-0.2, -0.15) is 11.8 Å². The quantitative estimate of drug-likeness (QED) is 0.264. The van der Waals surface area contributed by atoms with Crippen LogP contribution in [0.5, 0.6) is 11.5 Å². The number of thioether (sulfide) groups is 1. The number of carbonyl (C=O) groups is 2. The number of carboxylic acids is 1. The lowest BCUT2D eigenvalue weighted by Crippen LogP contribution is -2.38. The summed E-state index contributed by atoms with van der Waals surface area (Å²) in [5, 5.41) is 9.28. The largest absolute Gasteiger partial charge is 0.492 e. The molecule has 0 heterocycles. The molecule has 37 heavy (non-hydrogen) atoms. The van der Waals surface area contributed by atoms with Gasteiger partial charge in [-0.25, -0.2) is 9.59 Å². The molecule has 0 bridgehead atoms. The predicted molar refractivity (Wildman–Crippen MR) is 149 cm³/mol. The van der Waals surface area contributed by atoms with E-state index in [0.29, 0.717) is 37.8 Å². The molecule has 0 spiro atoms. The minimum absolute atomic E-state index is 0.289. The van der Waals surface area contributed by atoms with E-state index in [1.54, 1.807) is 11.8 Å². The second kappa shape index (κ2) is 16.2. The number of aryl methyl sites for hydroxylation is 3. The summed E-state index contributed by atoms with van der Waals surface area (Å²) in [6.45, 7) is 11.5. The van der Waals surface area contributed by atoms with E-state index < -0.39 is 12.1 Å². The average molecular weight is 532 g/mol. The van der Waals surface area contributed by atoms with E-state index in [1.807, 2.05) is 68.9 Å². The van der Waals surface area contributed by atoms with Gasteiger partial charge in [0.25, 0.3) is 0 Å². The number of carboxylic acid groups (broad SMARTS) is 1. The minimum Gasteiger partial charge on any atom is -0.492 e. The number of aliphatic carboxylic acids is 1. The molecule has 1 N–H and O–H groups in total. The molecule has 2 aromatic rings. The highest BCUT2D eigenvalue weighted by Gasteiger charge is 2.19. The fourth-order valence-electron chi connectivity index (χ4n) is 4.01. The maximum absolute atomic E-state index is 13.1. The maximum Gasteiger partial charge on any atom is 0.415 e. The Hall–Kier alpha value is -2.71. The molecule has 0 aliphatic carbocycles. The fraction of sp³-hybridized carbons (Fsp3) is 0.517. The number of ether oxygens (including phenoxy) is 3. The molecular weight excluding hydrogens is 490 g/mol. The molecule has 0 saturated carbocycles. The van der Waals surface area contributed by atoms with Crippen LogP contribution in [0, 0.1) is 20.8 Å². The summed E-state index contributed by atoms with van der Waals surface area (Å²) in [7, 11) is 0. The Balaban J connectivity index is 1.97. The molecule has 7 nitrogen and oxygen atoms in total. The molecule has 0 saturated heterocycles. The first kappa shape index (κ1) is 30.5. The van der Waals surface area contributed by atoms with E-state index in [0.717, 1.165) is 46.6 Å². The zero-order chi connectivity index (χ0) is 27.2. The zero-order valence-electron chi connectivity index (χ0n) is 22.7. The number of benzene rings is 2. The van der Waals surface area contributed by atoms with E-state index in [1.165, 1.54) is 0 Å². The fourth-order valence-corrected chi connectivity index (χ4v) is 4.83. The third-order valence-electron chi connectivity index (χ3n) is 5.74. The smallest absolute Gasteiger partial charge is 0.415 e. The summed E-state index contributed by atoms with van der Waals surface area (Å²) in [6.07, 6.45) is 1.07. The van der Waals surface area contributed by atoms with Gasteiger partial charge in [0, 0.05) is 19.6 Å². The second-order valence-corrected chi connectivity index (χ2v) is 10.3. The van der Waals surface area contributed by atoms with Crippen LogP contribution >= 0.6 is 11.8 Å². The molecule has 0 aliphatic heterocycles. The standard InChI is InChI=1S/C29H41NO6S/c1-6-16-37-17-8-13-30(29(33)36-27-22(4)18-21(3)19-23(27)5)14-15-35-25-11-9-24(10-12-25)20-26(28(31)32)34-7-2/h9-12,18-19,26H,6-8,13-17,20H2,1-5H3,(H,31,32). The zero-order valence-corrected chi connectivity index (χ0v) is 23.6. The normalized spacial score (nSPS) is 11.7. The van der Waals surface area contributed by atoms with E-state index in [2.05, 4.69) is 6.92 Å². The Morgan fingerprint density at radius 3 is 2.27 bits per heavy atom. The molecule has 204 valence electrons. The van der Waals surface area contributed by atoms with Gasteiger partial charge in [0.05, 0.1) is 6.54 Å². The third kappa shape index (κ3) is 10.7. The Bertz CT molecular complexity index is 971. The second-order valence-electron chi connectivity index (χ2n) is 9.03. The highest BCUT2D eigenvalue weighted by atomic mass is 32.2. The van der Waals surface area contributed by atoms with Crippen molar-refractivity contribution in [1.82, 2.24) is 4.90 Å². The highest BCUT2D eigenvalue weighted by molar-refractivity contribution is 7.99. The van der Waals surface area contributed by atoms with Crippen LogP contribution in [0.1, 0.15) is 48.9 Å². The van der Waals surface area contributed by atoms with Crippen LogP contribution in [0.25, 0.3) is 0 Å². The lowest BCUT2D eigenvalue weighted by molar-refractivity contribution is -0.149. The van der Waals surface area contributed by atoms with Crippen LogP contribution in [0.3, 0.4) is 0 Å². The molecule has 0 aliphatic rings. The van der Waals surface area contributed by atoms with Gasteiger partial charge >= 0.3 is 12.1 Å². The molecule has 0 fully saturated rings. The van der Waals surface area contributed by atoms with E-state index in [9.17, 15) is 14.7 Å². The average Bonchev–Trinajstić information content (AvgIpc) is 2.85. The number of rotatable bonds is 16. The molecule has 1 atom stereocenters. The summed E-state index contributed by atoms with van der Waals surface area (Å²) in [6, 6.07) is 11.3. The van der Waals surface area contributed by atoms with Crippen LogP contribution in [-0.4, -0.2) is 66.0 Å². The van der Waals surface area contributed by atoms with E-state index >= 15 is 0 Å². The van der Waals surface area contributed by atoms with Crippen LogP contribution in [-0.2, 0) is 16.0 Å². The third-order valence-corrected chi connectivity index (χ3v) is 7.01. The van der Waals surface area contributed by atoms with Gasteiger partial charge in [0.15, 0.2) is 6.10 Å². The van der Waals surface area contributed by atoms with Crippen molar-refractivity contribution in [3.63, 3.8) is 0 Å². The van der Waals surface area contributed by atoms with Crippen LogP contribution in [0.15, 0.2) is 36.4 Å². The Labute approximate surface area is 225 Å². The molecule has 2 rings (SSSR count). The Kier molecular flexibility index (Phi) is 13.4. The van der Waals surface area contributed by atoms with Crippen molar-refractivity contribution in [3.05, 3.63) is 58.7 Å². The van der Waals surface area contributed by atoms with Gasteiger partial charge in [-0.15, -0.1) is 0 Å². The molecular formula is C29H41NO6S. The first-order chi connectivity index (χ1) is 17.7. The van der Waals surface area contributed by atoms with Crippen LogP contribution in [0.4, 0.5) is 4.79 Å². The van der Waals surface area contributed by atoms with Gasteiger partial charge < -0.3 is 24.2 Å². The molecule has 0 aromatic heterocycles. The highest BCUT2D eigenvalue weighted by Crippen LogP contribution is 2.25.